The van der Waals surface area contributed by atoms with Crippen molar-refractivity contribution in [2.75, 3.05) is 4.90 Å². The van der Waals surface area contributed by atoms with Gasteiger partial charge >= 0.3 is 0 Å². The van der Waals surface area contributed by atoms with Crippen molar-refractivity contribution in [3.05, 3.63) is 176 Å². The zero-order chi connectivity index (χ0) is 29.7. The first-order chi connectivity index (χ1) is 22.3. The van der Waals surface area contributed by atoms with E-state index in [1.54, 1.807) is 0 Å². The van der Waals surface area contributed by atoms with Gasteiger partial charge in [-0.05, 0) is 89.9 Å². The van der Waals surface area contributed by atoms with E-state index in [2.05, 4.69) is 181 Å². The SMILES string of the molecule is c1ccc(-c2ccc(N(c3ccc4c(ccc5ccccc54)c3)c3cc4ccc5ccccc5c4c4ccccc34)cc2)cc1. The summed E-state index contributed by atoms with van der Waals surface area (Å²) in [6.45, 7) is 0. The molecule has 0 radical (unpaired) electrons. The molecule has 210 valence electrons. The number of nitrogens with zero attached hydrogens (tertiary/aromatic N) is 1. The lowest BCUT2D eigenvalue weighted by Gasteiger charge is -2.28. The van der Waals surface area contributed by atoms with E-state index in [1.807, 2.05) is 0 Å². The van der Waals surface area contributed by atoms with E-state index in [-0.39, 0.29) is 0 Å². The molecule has 0 saturated carbocycles. The molecule has 0 atom stereocenters. The molecule has 0 bridgehead atoms. The quantitative estimate of drug-likeness (QED) is 0.190. The minimum atomic E-state index is 1.13. The molecule has 0 fully saturated rings. The molecule has 1 heteroatoms. The summed E-state index contributed by atoms with van der Waals surface area (Å²) in [4.78, 5) is 2.43. The molecule has 0 aliphatic heterocycles. The molecule has 0 saturated heterocycles. The predicted octanol–water partition coefficient (Wildman–Crippen LogP) is 12.6. The Labute approximate surface area is 262 Å². The fourth-order valence-corrected chi connectivity index (χ4v) is 7.04. The van der Waals surface area contributed by atoms with E-state index in [1.165, 1.54) is 70.7 Å². The molecule has 45 heavy (non-hydrogen) atoms. The van der Waals surface area contributed by atoms with Crippen LogP contribution in [0.2, 0.25) is 0 Å². The Morgan fingerprint density at radius 1 is 0.289 bits per heavy atom. The molecule has 0 amide bonds. The van der Waals surface area contributed by atoms with Crippen molar-refractivity contribution in [2.24, 2.45) is 0 Å². The third kappa shape index (κ3) is 4.24. The molecule has 0 N–H and O–H groups in total. The van der Waals surface area contributed by atoms with Crippen LogP contribution in [0.4, 0.5) is 17.1 Å². The van der Waals surface area contributed by atoms with Gasteiger partial charge in [-0.3, -0.25) is 0 Å². The minimum absolute atomic E-state index is 1.13. The summed E-state index contributed by atoms with van der Waals surface area (Å²) < 4.78 is 0. The van der Waals surface area contributed by atoms with Crippen LogP contribution in [0.15, 0.2) is 176 Å². The first-order valence-corrected chi connectivity index (χ1v) is 15.5. The fraction of sp³-hybridized carbons (Fsp3) is 0. The van der Waals surface area contributed by atoms with Crippen molar-refractivity contribution < 1.29 is 0 Å². The van der Waals surface area contributed by atoms with Crippen molar-refractivity contribution in [2.45, 2.75) is 0 Å². The molecular weight excluding hydrogens is 542 g/mol. The molecule has 9 aromatic rings. The van der Waals surface area contributed by atoms with Gasteiger partial charge in [0.15, 0.2) is 0 Å². The molecule has 0 heterocycles. The van der Waals surface area contributed by atoms with E-state index in [4.69, 9.17) is 0 Å². The summed E-state index contributed by atoms with van der Waals surface area (Å²) in [7, 11) is 0. The first kappa shape index (κ1) is 25.6. The first-order valence-electron chi connectivity index (χ1n) is 15.5. The van der Waals surface area contributed by atoms with Crippen LogP contribution in [0, 0.1) is 0 Å². The highest BCUT2D eigenvalue weighted by atomic mass is 15.1. The van der Waals surface area contributed by atoms with E-state index >= 15 is 0 Å². The standard InChI is InChI=1S/C44H29N/c1-2-10-30(11-3-1)31-22-24-36(25-23-31)45(37-26-27-39-34(28-37)20-18-32-12-4-6-14-38(32)39)43-29-35-21-19-33-13-5-7-15-40(33)44(35)42-17-9-8-16-41(42)43/h1-29H. The summed E-state index contributed by atoms with van der Waals surface area (Å²) in [6.07, 6.45) is 0. The topological polar surface area (TPSA) is 3.24 Å². The number of rotatable bonds is 4. The van der Waals surface area contributed by atoms with Gasteiger partial charge < -0.3 is 4.90 Å². The fourth-order valence-electron chi connectivity index (χ4n) is 7.04. The van der Waals surface area contributed by atoms with E-state index < -0.39 is 0 Å². The zero-order valence-corrected chi connectivity index (χ0v) is 24.7. The van der Waals surface area contributed by atoms with Crippen LogP contribution < -0.4 is 4.90 Å². The van der Waals surface area contributed by atoms with Crippen LogP contribution in [-0.4, -0.2) is 0 Å². The van der Waals surface area contributed by atoms with Crippen molar-refractivity contribution in [3.63, 3.8) is 0 Å². The summed E-state index contributed by atoms with van der Waals surface area (Å²) in [5, 5.41) is 12.6. The Morgan fingerprint density at radius 3 is 1.60 bits per heavy atom. The van der Waals surface area contributed by atoms with Crippen LogP contribution in [0.5, 0.6) is 0 Å². The van der Waals surface area contributed by atoms with Gasteiger partial charge in [-0.1, -0.05) is 146 Å². The largest absolute Gasteiger partial charge is 0.310 e. The van der Waals surface area contributed by atoms with Crippen LogP contribution in [0.25, 0.3) is 65.0 Å². The molecule has 0 aliphatic rings. The van der Waals surface area contributed by atoms with E-state index in [0.29, 0.717) is 0 Å². The van der Waals surface area contributed by atoms with Crippen LogP contribution in [0.1, 0.15) is 0 Å². The highest BCUT2D eigenvalue weighted by molar-refractivity contribution is 6.23. The van der Waals surface area contributed by atoms with Gasteiger partial charge in [-0.15, -0.1) is 0 Å². The van der Waals surface area contributed by atoms with Gasteiger partial charge in [-0.25, -0.2) is 0 Å². The van der Waals surface area contributed by atoms with Gasteiger partial charge in [0.25, 0.3) is 0 Å². The Hall–Kier alpha value is -5.92. The highest BCUT2D eigenvalue weighted by Gasteiger charge is 2.19. The van der Waals surface area contributed by atoms with Crippen molar-refractivity contribution in [1.29, 1.82) is 0 Å². The number of fused-ring (bicyclic) bond motifs is 8. The number of benzene rings is 9. The summed E-state index contributed by atoms with van der Waals surface area (Å²) >= 11 is 0. The Kier molecular flexibility index (Phi) is 5.89. The van der Waals surface area contributed by atoms with Crippen LogP contribution in [0.3, 0.4) is 0 Å². The summed E-state index contributed by atoms with van der Waals surface area (Å²) in [5.74, 6) is 0. The minimum Gasteiger partial charge on any atom is -0.310 e. The smallest absolute Gasteiger partial charge is 0.0546 e. The molecule has 1 nitrogen and oxygen atoms in total. The number of anilines is 3. The number of hydrogen-bond donors (Lipinski definition) is 0. The maximum atomic E-state index is 2.43. The van der Waals surface area contributed by atoms with Crippen LogP contribution in [-0.2, 0) is 0 Å². The third-order valence-corrected chi connectivity index (χ3v) is 9.19. The lowest BCUT2D eigenvalue weighted by molar-refractivity contribution is 1.31. The Balaban J connectivity index is 1.31. The van der Waals surface area contributed by atoms with Crippen molar-refractivity contribution in [3.8, 4) is 11.1 Å². The summed E-state index contributed by atoms with van der Waals surface area (Å²) in [6, 6.07) is 64.1. The molecule has 0 aliphatic carbocycles. The predicted molar refractivity (Wildman–Crippen MR) is 194 cm³/mol. The van der Waals surface area contributed by atoms with E-state index in [0.717, 1.165) is 11.4 Å². The molecule has 0 spiro atoms. The van der Waals surface area contributed by atoms with Gasteiger partial charge in [-0.2, -0.15) is 0 Å². The summed E-state index contributed by atoms with van der Waals surface area (Å²) in [5.41, 5.74) is 5.85. The van der Waals surface area contributed by atoms with Gasteiger partial charge in [0.1, 0.15) is 0 Å². The van der Waals surface area contributed by atoms with Crippen molar-refractivity contribution in [1.82, 2.24) is 0 Å². The second kappa shape index (κ2) is 10.4. The third-order valence-electron chi connectivity index (χ3n) is 9.19. The Morgan fingerprint density at radius 2 is 0.822 bits per heavy atom. The molecule has 0 unspecified atom stereocenters. The molecule has 0 aromatic heterocycles. The Bertz CT molecular complexity index is 2530. The van der Waals surface area contributed by atoms with Gasteiger partial charge in [0, 0.05) is 16.8 Å². The normalized spacial score (nSPS) is 11.6. The average molecular weight is 572 g/mol. The molecule has 9 aromatic carbocycles. The van der Waals surface area contributed by atoms with Crippen molar-refractivity contribution >= 4 is 70.9 Å². The number of hydrogen-bond acceptors (Lipinski definition) is 1. The molecule has 9 rings (SSSR count). The lowest BCUT2D eigenvalue weighted by Crippen LogP contribution is -2.10. The average Bonchev–Trinajstić information content (AvgIpc) is 3.12. The maximum Gasteiger partial charge on any atom is 0.0546 e. The highest BCUT2D eigenvalue weighted by Crippen LogP contribution is 2.44. The van der Waals surface area contributed by atoms with Crippen LogP contribution >= 0.6 is 0 Å². The lowest BCUT2D eigenvalue weighted by atomic mass is 9.94. The monoisotopic (exact) mass is 571 g/mol. The maximum absolute atomic E-state index is 2.43. The second-order valence-corrected chi connectivity index (χ2v) is 11.8. The van der Waals surface area contributed by atoms with Gasteiger partial charge in [0.05, 0.1) is 5.69 Å². The second-order valence-electron chi connectivity index (χ2n) is 11.8. The zero-order valence-electron chi connectivity index (χ0n) is 24.7. The van der Waals surface area contributed by atoms with E-state index in [9.17, 15) is 0 Å². The molecular formula is C44H29N. The van der Waals surface area contributed by atoms with Gasteiger partial charge in [0.2, 0.25) is 0 Å².